The molecule has 2 aromatic rings. The number of anilines is 1. The number of piperidine rings is 1. The van der Waals surface area contributed by atoms with E-state index in [4.69, 9.17) is 21.6 Å². The zero-order valence-corrected chi connectivity index (χ0v) is 21.8. The quantitative estimate of drug-likeness (QED) is 0.523. The maximum atomic E-state index is 6.91. The SMILES string of the molecule is C=C1c2c(ccc(Sc3cnc(N4CCC5(CCCC5)CC4)cn3)c2Cl)N=CN1CC1CCCN1. The molecule has 3 fully saturated rings. The van der Waals surface area contributed by atoms with Gasteiger partial charge in [-0.25, -0.2) is 15.0 Å². The smallest absolute Gasteiger partial charge is 0.147 e. The van der Waals surface area contributed by atoms with Gasteiger partial charge in [-0.3, -0.25) is 0 Å². The molecule has 1 aromatic carbocycles. The van der Waals surface area contributed by atoms with E-state index in [0.717, 1.165) is 58.9 Å². The Morgan fingerprint density at radius 1 is 1.09 bits per heavy atom. The summed E-state index contributed by atoms with van der Waals surface area (Å²) in [5.41, 5.74) is 3.30. The molecular formula is C27H33ClN6S. The Labute approximate surface area is 217 Å². The van der Waals surface area contributed by atoms with Gasteiger partial charge in [0.25, 0.3) is 0 Å². The predicted molar refractivity (Wildman–Crippen MR) is 145 cm³/mol. The first-order valence-corrected chi connectivity index (χ1v) is 14.1. The third kappa shape index (κ3) is 4.70. The number of aromatic nitrogens is 2. The Morgan fingerprint density at radius 3 is 2.63 bits per heavy atom. The van der Waals surface area contributed by atoms with Crippen LogP contribution in [0.3, 0.4) is 0 Å². The molecule has 1 saturated carbocycles. The fourth-order valence-corrected chi connectivity index (χ4v) is 7.28. The molecular weight excluding hydrogens is 476 g/mol. The van der Waals surface area contributed by atoms with E-state index in [-0.39, 0.29) is 0 Å². The second kappa shape index (κ2) is 9.75. The lowest BCUT2D eigenvalue weighted by atomic mass is 9.77. The van der Waals surface area contributed by atoms with E-state index in [2.05, 4.69) is 26.7 Å². The molecule has 2 saturated heterocycles. The van der Waals surface area contributed by atoms with Crippen LogP contribution in [-0.2, 0) is 0 Å². The lowest BCUT2D eigenvalue weighted by Crippen LogP contribution is -2.39. The normalized spacial score (nSPS) is 23.3. The number of nitrogens with zero attached hydrogens (tertiary/aromatic N) is 5. The molecule has 4 heterocycles. The monoisotopic (exact) mass is 508 g/mol. The molecule has 6 nitrogen and oxygen atoms in total. The van der Waals surface area contributed by atoms with E-state index in [9.17, 15) is 0 Å². The molecule has 1 aromatic heterocycles. The van der Waals surface area contributed by atoms with Crippen LogP contribution in [0.15, 0.2) is 46.0 Å². The fraction of sp³-hybridized carbons (Fsp3) is 0.519. The van der Waals surface area contributed by atoms with Crippen LogP contribution >= 0.6 is 23.4 Å². The molecule has 8 heteroatoms. The zero-order valence-electron chi connectivity index (χ0n) is 20.2. The van der Waals surface area contributed by atoms with Crippen molar-refractivity contribution in [2.45, 2.75) is 67.3 Å². The van der Waals surface area contributed by atoms with Crippen LogP contribution in [0.1, 0.15) is 56.9 Å². The van der Waals surface area contributed by atoms with Gasteiger partial charge in [0.2, 0.25) is 0 Å². The number of aliphatic imine (C=N–C) groups is 1. The van der Waals surface area contributed by atoms with Crippen LogP contribution in [-0.4, -0.2) is 53.4 Å². The van der Waals surface area contributed by atoms with Gasteiger partial charge in [0.15, 0.2) is 0 Å². The topological polar surface area (TPSA) is 56.7 Å². The molecule has 1 atom stereocenters. The summed E-state index contributed by atoms with van der Waals surface area (Å²) in [5, 5.41) is 5.07. The standard InChI is InChI=1S/C27H33ClN6S/c1-19-25-21(32-18-34(19)17-20-5-4-12-29-20)6-7-22(26(25)28)35-24-16-30-23(15-31-24)33-13-10-27(11-14-33)8-2-3-9-27/h6-7,15-16,18,20,29H,1-5,8-14,17H2. The third-order valence-corrected chi connectivity index (χ3v) is 9.76. The molecule has 35 heavy (non-hydrogen) atoms. The van der Waals surface area contributed by atoms with Gasteiger partial charge in [0.05, 0.1) is 29.4 Å². The van der Waals surface area contributed by atoms with Crippen molar-refractivity contribution in [3.63, 3.8) is 0 Å². The lowest BCUT2D eigenvalue weighted by Gasteiger charge is -2.39. The van der Waals surface area contributed by atoms with Gasteiger partial charge in [-0.1, -0.05) is 42.8 Å². The summed E-state index contributed by atoms with van der Waals surface area (Å²) in [5.74, 6) is 0.984. The highest BCUT2D eigenvalue weighted by Gasteiger charge is 2.37. The van der Waals surface area contributed by atoms with Crippen LogP contribution in [0.25, 0.3) is 5.70 Å². The van der Waals surface area contributed by atoms with Crippen molar-refractivity contribution < 1.29 is 0 Å². The average molecular weight is 509 g/mol. The highest BCUT2D eigenvalue weighted by Crippen LogP contribution is 2.47. The first kappa shape index (κ1) is 23.3. The second-order valence-corrected chi connectivity index (χ2v) is 11.9. The predicted octanol–water partition coefficient (Wildman–Crippen LogP) is 6.14. The van der Waals surface area contributed by atoms with Crippen LogP contribution in [0.2, 0.25) is 5.02 Å². The number of hydrogen-bond donors (Lipinski definition) is 1. The molecule has 1 spiro atoms. The lowest BCUT2D eigenvalue weighted by molar-refractivity contribution is 0.226. The van der Waals surface area contributed by atoms with Crippen molar-refractivity contribution >= 4 is 46.9 Å². The van der Waals surface area contributed by atoms with Crippen molar-refractivity contribution in [3.8, 4) is 0 Å². The summed E-state index contributed by atoms with van der Waals surface area (Å²) in [7, 11) is 0. The Hall–Kier alpha value is -2.09. The minimum Gasteiger partial charge on any atom is -0.355 e. The van der Waals surface area contributed by atoms with E-state index in [0.29, 0.717) is 16.5 Å². The molecule has 1 N–H and O–H groups in total. The molecule has 0 radical (unpaired) electrons. The Bertz CT molecular complexity index is 1110. The maximum Gasteiger partial charge on any atom is 0.147 e. The first-order valence-electron chi connectivity index (χ1n) is 12.9. The summed E-state index contributed by atoms with van der Waals surface area (Å²) in [6.45, 7) is 8.48. The molecule has 0 bridgehead atoms. The van der Waals surface area contributed by atoms with Crippen LogP contribution < -0.4 is 10.2 Å². The van der Waals surface area contributed by atoms with E-state index >= 15 is 0 Å². The Balaban J connectivity index is 1.13. The van der Waals surface area contributed by atoms with Gasteiger partial charge in [-0.05, 0) is 62.6 Å². The molecule has 4 aliphatic rings. The highest BCUT2D eigenvalue weighted by atomic mass is 35.5. The molecule has 0 amide bonds. The number of fused-ring (bicyclic) bond motifs is 1. The number of nitrogens with one attached hydrogen (secondary N) is 1. The van der Waals surface area contributed by atoms with Gasteiger partial charge in [-0.15, -0.1) is 0 Å². The van der Waals surface area contributed by atoms with E-state index in [1.165, 1.54) is 51.4 Å². The Morgan fingerprint density at radius 2 is 1.91 bits per heavy atom. The van der Waals surface area contributed by atoms with Gasteiger partial charge >= 0.3 is 0 Å². The number of hydrogen-bond acceptors (Lipinski definition) is 7. The van der Waals surface area contributed by atoms with Gasteiger partial charge in [0, 0.05) is 41.8 Å². The molecule has 3 aliphatic heterocycles. The number of halogens is 1. The summed E-state index contributed by atoms with van der Waals surface area (Å²) in [4.78, 5) is 19.6. The van der Waals surface area contributed by atoms with E-state index in [1.807, 2.05) is 30.9 Å². The van der Waals surface area contributed by atoms with Crippen molar-refractivity contribution in [2.75, 3.05) is 31.1 Å². The summed E-state index contributed by atoms with van der Waals surface area (Å²) in [6, 6.07) is 4.50. The minimum atomic E-state index is 0.466. The average Bonchev–Trinajstić information content (AvgIpc) is 3.56. The van der Waals surface area contributed by atoms with Crippen molar-refractivity contribution in [3.05, 3.63) is 41.7 Å². The van der Waals surface area contributed by atoms with Crippen LogP contribution in [0.5, 0.6) is 0 Å². The largest absolute Gasteiger partial charge is 0.355 e. The Kier molecular flexibility index (Phi) is 6.50. The summed E-state index contributed by atoms with van der Waals surface area (Å²) >= 11 is 8.46. The molecule has 6 rings (SSSR count). The van der Waals surface area contributed by atoms with E-state index < -0.39 is 0 Å². The van der Waals surface area contributed by atoms with E-state index in [1.54, 1.807) is 11.8 Å². The fourth-order valence-electron chi connectivity index (χ4n) is 6.13. The molecule has 1 unspecified atom stereocenters. The molecule has 1 aliphatic carbocycles. The number of benzene rings is 1. The highest BCUT2D eigenvalue weighted by molar-refractivity contribution is 7.99. The van der Waals surface area contributed by atoms with Gasteiger partial charge in [-0.2, -0.15) is 0 Å². The first-order chi connectivity index (χ1) is 17.1. The second-order valence-electron chi connectivity index (χ2n) is 10.4. The minimum absolute atomic E-state index is 0.466. The zero-order chi connectivity index (χ0) is 23.8. The van der Waals surface area contributed by atoms with Crippen LogP contribution in [0.4, 0.5) is 11.5 Å². The summed E-state index contributed by atoms with van der Waals surface area (Å²) < 4.78 is 0. The van der Waals surface area contributed by atoms with Gasteiger partial charge in [0.1, 0.15) is 10.8 Å². The van der Waals surface area contributed by atoms with Crippen molar-refractivity contribution in [1.82, 2.24) is 20.2 Å². The third-order valence-electron chi connectivity index (χ3n) is 8.28. The molecule has 184 valence electrons. The van der Waals surface area contributed by atoms with Crippen molar-refractivity contribution in [2.24, 2.45) is 10.4 Å². The number of rotatable bonds is 5. The van der Waals surface area contributed by atoms with Crippen molar-refractivity contribution in [1.29, 1.82) is 0 Å². The maximum absolute atomic E-state index is 6.91. The van der Waals surface area contributed by atoms with Crippen LogP contribution in [0, 0.1) is 5.41 Å². The van der Waals surface area contributed by atoms with Gasteiger partial charge < -0.3 is 15.1 Å². The summed E-state index contributed by atoms with van der Waals surface area (Å²) in [6.07, 6.45) is 16.3.